The normalized spacial score (nSPS) is 13.8. The van der Waals surface area contributed by atoms with Crippen LogP contribution in [0.1, 0.15) is 5.56 Å². The molecule has 3 aromatic heterocycles. The second-order valence-corrected chi connectivity index (χ2v) is 8.45. The van der Waals surface area contributed by atoms with E-state index in [2.05, 4.69) is 16.4 Å². The Balaban J connectivity index is 1.61. The van der Waals surface area contributed by atoms with Crippen LogP contribution < -0.4 is 5.32 Å². The van der Waals surface area contributed by atoms with Gasteiger partial charge in [-0.1, -0.05) is 23.5 Å². The van der Waals surface area contributed by atoms with Crippen molar-refractivity contribution >= 4 is 33.5 Å². The van der Waals surface area contributed by atoms with Crippen molar-refractivity contribution in [2.45, 2.75) is 0 Å². The van der Waals surface area contributed by atoms with E-state index < -0.39 is 0 Å². The zero-order valence-electron chi connectivity index (χ0n) is 17.4. The van der Waals surface area contributed by atoms with Crippen molar-refractivity contribution in [3.05, 3.63) is 54.4 Å². The van der Waals surface area contributed by atoms with E-state index in [0.717, 1.165) is 32.7 Å². The van der Waals surface area contributed by atoms with E-state index in [4.69, 9.17) is 9.72 Å². The lowest BCUT2D eigenvalue weighted by molar-refractivity contribution is 0.0564. The number of nitriles is 1. The number of carbonyl (C=O) groups excluding carboxylic acids is 1. The number of morpholine rings is 1. The van der Waals surface area contributed by atoms with Crippen LogP contribution in [0, 0.1) is 11.3 Å². The van der Waals surface area contributed by atoms with E-state index in [-0.39, 0.29) is 6.03 Å². The average Bonchev–Trinajstić information content (AvgIpc) is 3.41. The molecular weight excluding hydrogens is 424 g/mol. The molecule has 0 unspecified atom stereocenters. The maximum absolute atomic E-state index is 12.7. The van der Waals surface area contributed by atoms with E-state index in [1.807, 2.05) is 48.1 Å². The minimum atomic E-state index is -0.189. The minimum Gasteiger partial charge on any atom is -0.378 e. The van der Waals surface area contributed by atoms with Gasteiger partial charge in [0.15, 0.2) is 5.13 Å². The van der Waals surface area contributed by atoms with Crippen LogP contribution in [0.2, 0.25) is 0 Å². The molecule has 4 aromatic rings. The molecule has 0 radical (unpaired) electrons. The standard InChI is InChI=1S/C23H20N6O2S/c1-28-14-18(17-6-3-7-25-21(17)28)20-19(16-5-2-4-15(12-16)13-24)26-22(32-20)27-23(30)29-8-10-31-11-9-29/h2-7,12,14H,8-11H2,1H3,(H,26,27,30). The van der Waals surface area contributed by atoms with E-state index in [1.54, 1.807) is 17.2 Å². The second-order valence-electron chi connectivity index (χ2n) is 7.45. The summed E-state index contributed by atoms with van der Waals surface area (Å²) in [5.74, 6) is 0. The van der Waals surface area contributed by atoms with E-state index in [0.29, 0.717) is 37.0 Å². The number of aromatic nitrogens is 3. The molecule has 0 spiro atoms. The van der Waals surface area contributed by atoms with Crippen LogP contribution in [0.25, 0.3) is 32.7 Å². The number of aryl methyl sites for hydroxylation is 1. The van der Waals surface area contributed by atoms with Crippen molar-refractivity contribution in [3.63, 3.8) is 0 Å². The highest BCUT2D eigenvalue weighted by Crippen LogP contribution is 2.42. The van der Waals surface area contributed by atoms with Gasteiger partial charge in [-0.3, -0.25) is 5.32 Å². The van der Waals surface area contributed by atoms with Gasteiger partial charge in [0, 0.05) is 49.0 Å². The van der Waals surface area contributed by atoms with Gasteiger partial charge in [0.1, 0.15) is 5.65 Å². The number of ether oxygens (including phenoxy) is 1. The first kappa shape index (κ1) is 20.2. The number of amides is 2. The quantitative estimate of drug-likeness (QED) is 0.513. The predicted molar refractivity (Wildman–Crippen MR) is 123 cm³/mol. The highest BCUT2D eigenvalue weighted by Gasteiger charge is 2.22. The van der Waals surface area contributed by atoms with Gasteiger partial charge in [-0.05, 0) is 24.3 Å². The van der Waals surface area contributed by atoms with E-state index >= 15 is 0 Å². The molecule has 1 N–H and O–H groups in total. The lowest BCUT2D eigenvalue weighted by atomic mass is 10.0. The van der Waals surface area contributed by atoms with Gasteiger partial charge in [-0.2, -0.15) is 5.26 Å². The largest absolute Gasteiger partial charge is 0.378 e. The number of benzene rings is 1. The first-order chi connectivity index (χ1) is 15.6. The molecule has 1 fully saturated rings. The molecule has 0 saturated carbocycles. The molecule has 0 atom stereocenters. The van der Waals surface area contributed by atoms with Crippen molar-refractivity contribution in [2.24, 2.45) is 7.05 Å². The highest BCUT2D eigenvalue weighted by atomic mass is 32.1. The highest BCUT2D eigenvalue weighted by molar-refractivity contribution is 7.19. The number of nitrogens with one attached hydrogen (secondary N) is 1. The number of hydrogen-bond acceptors (Lipinski definition) is 6. The molecular formula is C23H20N6O2S. The Morgan fingerprint density at radius 2 is 2.09 bits per heavy atom. The summed E-state index contributed by atoms with van der Waals surface area (Å²) < 4.78 is 7.31. The summed E-state index contributed by atoms with van der Waals surface area (Å²) in [5, 5.41) is 13.8. The Hall–Kier alpha value is -3.74. The predicted octanol–water partition coefficient (Wildman–Crippen LogP) is 4.10. The van der Waals surface area contributed by atoms with Gasteiger partial charge in [0.25, 0.3) is 0 Å². The zero-order valence-corrected chi connectivity index (χ0v) is 18.2. The third kappa shape index (κ3) is 3.70. The van der Waals surface area contributed by atoms with Gasteiger partial charge in [-0.25, -0.2) is 14.8 Å². The number of carbonyl (C=O) groups is 1. The number of urea groups is 1. The van der Waals surface area contributed by atoms with Crippen molar-refractivity contribution < 1.29 is 9.53 Å². The van der Waals surface area contributed by atoms with Gasteiger partial charge in [0.05, 0.1) is 35.4 Å². The number of thiazole rings is 1. The molecule has 1 aliphatic heterocycles. The van der Waals surface area contributed by atoms with Gasteiger partial charge >= 0.3 is 6.03 Å². The fourth-order valence-corrected chi connectivity index (χ4v) is 4.82. The summed E-state index contributed by atoms with van der Waals surface area (Å²) in [4.78, 5) is 24.6. The molecule has 1 aliphatic rings. The molecule has 0 bridgehead atoms. The van der Waals surface area contributed by atoms with Crippen LogP contribution in [0.15, 0.2) is 48.8 Å². The van der Waals surface area contributed by atoms with Crippen LogP contribution in [-0.4, -0.2) is 51.8 Å². The molecule has 4 heterocycles. The topological polar surface area (TPSA) is 96.1 Å². The summed E-state index contributed by atoms with van der Waals surface area (Å²) in [6.07, 6.45) is 3.79. The number of nitrogens with zero attached hydrogens (tertiary/aromatic N) is 5. The third-order valence-corrected chi connectivity index (χ3v) is 6.39. The second kappa shape index (κ2) is 8.42. The summed E-state index contributed by atoms with van der Waals surface area (Å²) in [7, 11) is 1.96. The fourth-order valence-electron chi connectivity index (χ4n) is 3.82. The Morgan fingerprint density at radius 1 is 1.25 bits per heavy atom. The first-order valence-corrected chi connectivity index (χ1v) is 11.0. The number of fused-ring (bicyclic) bond motifs is 1. The Morgan fingerprint density at radius 3 is 2.91 bits per heavy atom. The van der Waals surface area contributed by atoms with Gasteiger partial charge < -0.3 is 14.2 Å². The summed E-state index contributed by atoms with van der Waals surface area (Å²) >= 11 is 1.42. The van der Waals surface area contributed by atoms with Crippen molar-refractivity contribution in [3.8, 4) is 27.8 Å². The van der Waals surface area contributed by atoms with Crippen LogP contribution in [0.4, 0.5) is 9.93 Å². The molecule has 2 amide bonds. The van der Waals surface area contributed by atoms with Crippen LogP contribution in [-0.2, 0) is 11.8 Å². The number of pyridine rings is 1. The van der Waals surface area contributed by atoms with Crippen LogP contribution in [0.5, 0.6) is 0 Å². The molecule has 160 valence electrons. The van der Waals surface area contributed by atoms with E-state index in [9.17, 15) is 10.1 Å². The summed E-state index contributed by atoms with van der Waals surface area (Å²) in [6, 6.07) is 13.3. The molecule has 9 heteroatoms. The SMILES string of the molecule is Cn1cc(-c2sc(NC(=O)N3CCOCC3)nc2-c2cccc(C#N)c2)c2cccnc21. The van der Waals surface area contributed by atoms with Crippen LogP contribution in [0.3, 0.4) is 0 Å². The fraction of sp³-hybridized carbons (Fsp3) is 0.217. The zero-order chi connectivity index (χ0) is 22.1. The molecule has 8 nitrogen and oxygen atoms in total. The van der Waals surface area contributed by atoms with Crippen LogP contribution >= 0.6 is 11.3 Å². The van der Waals surface area contributed by atoms with Gasteiger partial charge in [0.2, 0.25) is 0 Å². The first-order valence-electron chi connectivity index (χ1n) is 10.2. The van der Waals surface area contributed by atoms with Gasteiger partial charge in [-0.15, -0.1) is 0 Å². The Kier molecular flexibility index (Phi) is 5.31. The number of rotatable bonds is 3. The molecule has 1 aromatic carbocycles. The Labute approximate surface area is 188 Å². The summed E-state index contributed by atoms with van der Waals surface area (Å²) in [6.45, 7) is 2.17. The molecule has 1 saturated heterocycles. The third-order valence-electron chi connectivity index (χ3n) is 5.38. The van der Waals surface area contributed by atoms with E-state index in [1.165, 1.54) is 11.3 Å². The maximum atomic E-state index is 12.7. The molecule has 32 heavy (non-hydrogen) atoms. The molecule has 0 aliphatic carbocycles. The minimum absolute atomic E-state index is 0.189. The van der Waals surface area contributed by atoms with Crippen molar-refractivity contribution in [1.82, 2.24) is 19.4 Å². The average molecular weight is 445 g/mol. The number of hydrogen-bond donors (Lipinski definition) is 1. The maximum Gasteiger partial charge on any atom is 0.323 e. The lowest BCUT2D eigenvalue weighted by Gasteiger charge is -2.26. The summed E-state index contributed by atoms with van der Waals surface area (Å²) in [5.41, 5.74) is 3.95. The smallest absolute Gasteiger partial charge is 0.323 e. The Bertz CT molecular complexity index is 1350. The molecule has 5 rings (SSSR count). The monoisotopic (exact) mass is 444 g/mol. The van der Waals surface area contributed by atoms with Crippen molar-refractivity contribution in [2.75, 3.05) is 31.6 Å². The van der Waals surface area contributed by atoms with Crippen molar-refractivity contribution in [1.29, 1.82) is 5.26 Å². The number of anilines is 1. The lowest BCUT2D eigenvalue weighted by Crippen LogP contribution is -2.43.